The van der Waals surface area contributed by atoms with E-state index in [9.17, 15) is 0 Å². The van der Waals surface area contributed by atoms with E-state index < -0.39 is 0 Å². The molecule has 0 aliphatic carbocycles. The molecule has 3 nitrogen and oxygen atoms in total. The highest BCUT2D eigenvalue weighted by atomic mass is 15.0. The molecule has 0 saturated carbocycles. The lowest BCUT2D eigenvalue weighted by atomic mass is 10.1. The Balaban J connectivity index is 2.05. The second kappa shape index (κ2) is 5.20. The van der Waals surface area contributed by atoms with Crippen molar-refractivity contribution in [2.75, 3.05) is 0 Å². The molecule has 0 amide bonds. The van der Waals surface area contributed by atoms with Crippen molar-refractivity contribution < 1.29 is 0 Å². The fourth-order valence-electron chi connectivity index (χ4n) is 2.57. The van der Waals surface area contributed by atoms with Gasteiger partial charge in [0.25, 0.3) is 0 Å². The highest BCUT2D eigenvalue weighted by Gasteiger charge is 2.06. The van der Waals surface area contributed by atoms with E-state index in [1.165, 1.54) is 10.9 Å². The Bertz CT molecular complexity index is 793. The zero-order valence-corrected chi connectivity index (χ0v) is 11.1. The molecule has 0 saturated heterocycles. The van der Waals surface area contributed by atoms with Crippen LogP contribution in [0.5, 0.6) is 0 Å². The monoisotopic (exact) mass is 261 g/mol. The average molecular weight is 261 g/mol. The molecule has 0 spiro atoms. The standard InChI is InChI=1S/C17H15N3/c18-10-13-3-1-4-14(9-13)12-20-8-7-15-5-2-6-16(11-19)17(15)20/h1-9H,11-12,19H2. The molecule has 0 fully saturated rings. The fraction of sp³-hybridized carbons (Fsp3) is 0.118. The number of benzene rings is 2. The first-order chi connectivity index (χ1) is 9.81. The maximum absolute atomic E-state index is 8.97. The Morgan fingerprint density at radius 1 is 1.10 bits per heavy atom. The molecular weight excluding hydrogens is 246 g/mol. The SMILES string of the molecule is N#Cc1cccc(Cn2ccc3cccc(CN)c32)c1. The second-order valence-electron chi connectivity index (χ2n) is 4.81. The lowest BCUT2D eigenvalue weighted by Crippen LogP contribution is -2.03. The van der Waals surface area contributed by atoms with E-state index in [0.717, 1.165) is 17.7 Å². The van der Waals surface area contributed by atoms with Gasteiger partial charge in [0.1, 0.15) is 0 Å². The van der Waals surface area contributed by atoms with Crippen LogP contribution in [0, 0.1) is 11.3 Å². The van der Waals surface area contributed by atoms with Crippen LogP contribution in [0.1, 0.15) is 16.7 Å². The van der Waals surface area contributed by atoms with E-state index in [-0.39, 0.29) is 0 Å². The molecule has 0 unspecified atom stereocenters. The Labute approximate surface area is 117 Å². The number of nitriles is 1. The third-order valence-electron chi connectivity index (χ3n) is 3.50. The average Bonchev–Trinajstić information content (AvgIpc) is 2.90. The summed E-state index contributed by atoms with van der Waals surface area (Å²) in [5, 5.41) is 10.2. The summed E-state index contributed by atoms with van der Waals surface area (Å²) in [5.74, 6) is 0. The smallest absolute Gasteiger partial charge is 0.0991 e. The molecule has 1 aromatic heterocycles. The van der Waals surface area contributed by atoms with Crippen molar-refractivity contribution in [3.05, 3.63) is 71.4 Å². The summed E-state index contributed by atoms with van der Waals surface area (Å²) < 4.78 is 2.19. The molecule has 0 bridgehead atoms. The minimum Gasteiger partial charge on any atom is -0.343 e. The van der Waals surface area contributed by atoms with E-state index in [1.807, 2.05) is 30.3 Å². The molecular formula is C17H15N3. The Kier molecular flexibility index (Phi) is 3.24. The molecule has 0 atom stereocenters. The van der Waals surface area contributed by atoms with Gasteiger partial charge in [-0.25, -0.2) is 0 Å². The number of nitrogens with zero attached hydrogens (tertiary/aromatic N) is 2. The predicted molar refractivity (Wildman–Crippen MR) is 80.1 cm³/mol. The first-order valence-corrected chi connectivity index (χ1v) is 6.57. The maximum Gasteiger partial charge on any atom is 0.0991 e. The van der Waals surface area contributed by atoms with E-state index in [1.54, 1.807) is 0 Å². The number of rotatable bonds is 3. The van der Waals surface area contributed by atoms with Gasteiger partial charge in [0.15, 0.2) is 0 Å². The van der Waals surface area contributed by atoms with E-state index in [0.29, 0.717) is 12.1 Å². The van der Waals surface area contributed by atoms with Crippen LogP contribution in [-0.4, -0.2) is 4.57 Å². The molecule has 2 N–H and O–H groups in total. The van der Waals surface area contributed by atoms with Gasteiger partial charge in [-0.15, -0.1) is 0 Å². The number of hydrogen-bond acceptors (Lipinski definition) is 2. The van der Waals surface area contributed by atoms with Crippen molar-refractivity contribution in [3.63, 3.8) is 0 Å². The molecule has 98 valence electrons. The van der Waals surface area contributed by atoms with Crippen molar-refractivity contribution in [1.29, 1.82) is 5.26 Å². The first-order valence-electron chi connectivity index (χ1n) is 6.57. The topological polar surface area (TPSA) is 54.7 Å². The molecule has 0 radical (unpaired) electrons. The van der Waals surface area contributed by atoms with Crippen LogP contribution < -0.4 is 5.73 Å². The third kappa shape index (κ3) is 2.18. The van der Waals surface area contributed by atoms with Crippen LogP contribution in [0.4, 0.5) is 0 Å². The Hall–Kier alpha value is -2.57. The summed E-state index contributed by atoms with van der Waals surface area (Å²) in [6, 6.07) is 18.2. The van der Waals surface area contributed by atoms with Gasteiger partial charge in [0.2, 0.25) is 0 Å². The van der Waals surface area contributed by atoms with Crippen molar-refractivity contribution in [2.45, 2.75) is 13.1 Å². The van der Waals surface area contributed by atoms with Crippen LogP contribution in [0.3, 0.4) is 0 Å². The molecule has 3 aromatic rings. The van der Waals surface area contributed by atoms with Crippen LogP contribution in [0.15, 0.2) is 54.7 Å². The van der Waals surface area contributed by atoms with Crippen molar-refractivity contribution in [1.82, 2.24) is 4.57 Å². The minimum absolute atomic E-state index is 0.527. The summed E-state index contributed by atoms with van der Waals surface area (Å²) in [6.45, 7) is 1.27. The third-order valence-corrected chi connectivity index (χ3v) is 3.50. The minimum atomic E-state index is 0.527. The molecule has 3 rings (SSSR count). The predicted octanol–water partition coefficient (Wildman–Crippen LogP) is 3.02. The van der Waals surface area contributed by atoms with Crippen LogP contribution in [-0.2, 0) is 13.1 Å². The Morgan fingerprint density at radius 2 is 1.95 bits per heavy atom. The maximum atomic E-state index is 8.97. The number of nitrogens with two attached hydrogens (primary N) is 1. The molecule has 2 aromatic carbocycles. The van der Waals surface area contributed by atoms with Gasteiger partial charge >= 0.3 is 0 Å². The summed E-state index contributed by atoms with van der Waals surface area (Å²) in [4.78, 5) is 0. The zero-order chi connectivity index (χ0) is 13.9. The van der Waals surface area contributed by atoms with Crippen LogP contribution >= 0.6 is 0 Å². The van der Waals surface area contributed by atoms with Gasteiger partial charge < -0.3 is 10.3 Å². The van der Waals surface area contributed by atoms with Crippen LogP contribution in [0.2, 0.25) is 0 Å². The Morgan fingerprint density at radius 3 is 2.75 bits per heavy atom. The van der Waals surface area contributed by atoms with Crippen molar-refractivity contribution >= 4 is 10.9 Å². The van der Waals surface area contributed by atoms with Crippen molar-refractivity contribution in [3.8, 4) is 6.07 Å². The number of hydrogen-bond donors (Lipinski definition) is 1. The highest BCUT2D eigenvalue weighted by Crippen LogP contribution is 2.21. The number of aromatic nitrogens is 1. The lowest BCUT2D eigenvalue weighted by molar-refractivity contribution is 0.830. The summed E-state index contributed by atoms with van der Waals surface area (Å²) in [7, 11) is 0. The highest BCUT2D eigenvalue weighted by molar-refractivity contribution is 5.83. The lowest BCUT2D eigenvalue weighted by Gasteiger charge is -2.09. The molecule has 1 heterocycles. The molecule has 0 aliphatic rings. The summed E-state index contributed by atoms with van der Waals surface area (Å²) >= 11 is 0. The first kappa shape index (κ1) is 12.5. The van der Waals surface area contributed by atoms with Gasteiger partial charge in [-0.1, -0.05) is 30.3 Å². The molecule has 0 aliphatic heterocycles. The van der Waals surface area contributed by atoms with Gasteiger partial charge in [0, 0.05) is 19.3 Å². The van der Waals surface area contributed by atoms with E-state index in [2.05, 4.69) is 35.0 Å². The van der Waals surface area contributed by atoms with Crippen molar-refractivity contribution in [2.24, 2.45) is 5.73 Å². The van der Waals surface area contributed by atoms with E-state index in [4.69, 9.17) is 11.0 Å². The van der Waals surface area contributed by atoms with Gasteiger partial charge in [-0.3, -0.25) is 0 Å². The van der Waals surface area contributed by atoms with Gasteiger partial charge in [0.05, 0.1) is 17.1 Å². The fourth-order valence-corrected chi connectivity index (χ4v) is 2.57. The van der Waals surface area contributed by atoms with Gasteiger partial charge in [-0.05, 0) is 34.7 Å². The molecule has 20 heavy (non-hydrogen) atoms. The normalized spacial score (nSPS) is 10.6. The van der Waals surface area contributed by atoms with Gasteiger partial charge in [-0.2, -0.15) is 5.26 Å². The quantitative estimate of drug-likeness (QED) is 0.788. The zero-order valence-electron chi connectivity index (χ0n) is 11.1. The second-order valence-corrected chi connectivity index (χ2v) is 4.81. The number of para-hydroxylation sites is 1. The van der Waals surface area contributed by atoms with E-state index >= 15 is 0 Å². The summed E-state index contributed by atoms with van der Waals surface area (Å²) in [6.07, 6.45) is 2.07. The largest absolute Gasteiger partial charge is 0.343 e. The number of fused-ring (bicyclic) bond motifs is 1. The summed E-state index contributed by atoms with van der Waals surface area (Å²) in [5.41, 5.74) is 9.96. The molecule has 3 heteroatoms. The van der Waals surface area contributed by atoms with Crippen LogP contribution in [0.25, 0.3) is 10.9 Å².